The largest absolute Gasteiger partial charge is 0.466 e. The predicted octanol–water partition coefficient (Wildman–Crippen LogP) is 26.6. The highest BCUT2D eigenvalue weighted by Gasteiger charge is 2.18. The summed E-state index contributed by atoms with van der Waals surface area (Å²) in [4.78, 5) is 24.6. The van der Waals surface area contributed by atoms with Crippen molar-refractivity contribution >= 4 is 11.9 Å². The summed E-state index contributed by atoms with van der Waals surface area (Å²) in [7, 11) is 0. The molecule has 2 atom stereocenters. The molecule has 0 spiro atoms. The minimum Gasteiger partial charge on any atom is -0.466 e. The third-order valence-corrected chi connectivity index (χ3v) is 18.9. The summed E-state index contributed by atoms with van der Waals surface area (Å²) >= 11 is 0. The van der Waals surface area contributed by atoms with Crippen LogP contribution in [0.4, 0.5) is 0 Å². The molecule has 6 heteroatoms. The number of nitrogens with one attached hydrogen (secondary N) is 1. The Hall–Kier alpha value is -1.92. The van der Waals surface area contributed by atoms with Crippen LogP contribution in [-0.2, 0) is 14.3 Å². The van der Waals surface area contributed by atoms with Crippen LogP contribution < -0.4 is 5.32 Å². The third kappa shape index (κ3) is 73.1. The van der Waals surface area contributed by atoms with Crippen LogP contribution in [0.15, 0.2) is 36.5 Å². The second kappa shape index (κ2) is 77.5. The molecule has 88 heavy (non-hydrogen) atoms. The number of carbonyl (C=O) groups is 2. The first-order chi connectivity index (χ1) is 43.5. The van der Waals surface area contributed by atoms with Crippen LogP contribution in [0.1, 0.15) is 450 Å². The molecule has 6 nitrogen and oxygen atoms in total. The summed E-state index contributed by atoms with van der Waals surface area (Å²) in [5.41, 5.74) is 0. The van der Waals surface area contributed by atoms with Crippen LogP contribution in [0, 0.1) is 0 Å². The van der Waals surface area contributed by atoms with Gasteiger partial charge in [0.2, 0.25) is 5.91 Å². The van der Waals surface area contributed by atoms with E-state index in [0.717, 1.165) is 51.4 Å². The quantitative estimate of drug-likeness (QED) is 0.0320. The predicted molar refractivity (Wildman–Crippen MR) is 389 cm³/mol. The van der Waals surface area contributed by atoms with Gasteiger partial charge in [0.15, 0.2) is 0 Å². The average Bonchev–Trinajstić information content (AvgIpc) is 3.59. The van der Waals surface area contributed by atoms with Crippen LogP contribution in [0.5, 0.6) is 0 Å². The van der Waals surface area contributed by atoms with E-state index in [0.29, 0.717) is 19.4 Å². The Balaban J connectivity index is 3.36. The number of amides is 1. The van der Waals surface area contributed by atoms with Crippen molar-refractivity contribution in [2.75, 3.05) is 13.2 Å². The molecule has 0 aromatic rings. The van der Waals surface area contributed by atoms with E-state index in [-0.39, 0.29) is 18.5 Å². The summed E-state index contributed by atoms with van der Waals surface area (Å²) in [5, 5.41) is 23.3. The van der Waals surface area contributed by atoms with E-state index in [4.69, 9.17) is 4.74 Å². The summed E-state index contributed by atoms with van der Waals surface area (Å²) in [6.07, 6.45) is 101. The third-order valence-electron chi connectivity index (χ3n) is 18.9. The van der Waals surface area contributed by atoms with Gasteiger partial charge in [-0.25, -0.2) is 0 Å². The molecule has 0 rings (SSSR count). The Morgan fingerprint density at radius 1 is 0.318 bits per heavy atom. The number of ether oxygens (including phenoxy) is 1. The lowest BCUT2D eigenvalue weighted by Crippen LogP contribution is -2.45. The summed E-state index contributed by atoms with van der Waals surface area (Å²) in [6.45, 7) is 4.92. The zero-order chi connectivity index (χ0) is 63.5. The molecule has 0 fully saturated rings. The fraction of sp³-hybridized carbons (Fsp3) is 0.902. The van der Waals surface area contributed by atoms with Crippen molar-refractivity contribution in [1.29, 1.82) is 0 Å². The zero-order valence-electron chi connectivity index (χ0n) is 59.7. The number of carbonyl (C=O) groups excluding carboxylic acids is 2. The second-order valence-corrected chi connectivity index (χ2v) is 27.8. The molecular formula is C82H157NO5. The van der Waals surface area contributed by atoms with Crippen molar-refractivity contribution in [1.82, 2.24) is 5.32 Å². The smallest absolute Gasteiger partial charge is 0.305 e. The Morgan fingerprint density at radius 3 is 0.886 bits per heavy atom. The lowest BCUT2D eigenvalue weighted by molar-refractivity contribution is -0.143. The highest BCUT2D eigenvalue weighted by atomic mass is 16.5. The highest BCUT2D eigenvalue weighted by Crippen LogP contribution is 2.20. The van der Waals surface area contributed by atoms with E-state index in [9.17, 15) is 19.8 Å². The monoisotopic (exact) mass is 1240 g/mol. The van der Waals surface area contributed by atoms with Crippen LogP contribution in [-0.4, -0.2) is 47.4 Å². The van der Waals surface area contributed by atoms with Crippen molar-refractivity contribution in [3.63, 3.8) is 0 Å². The lowest BCUT2D eigenvalue weighted by atomic mass is 10.0. The van der Waals surface area contributed by atoms with Crippen molar-refractivity contribution in [3.8, 4) is 0 Å². The summed E-state index contributed by atoms with van der Waals surface area (Å²) in [6, 6.07) is -0.626. The molecule has 520 valence electrons. The maximum atomic E-state index is 12.6. The molecule has 1 amide bonds. The molecule has 0 heterocycles. The molecule has 3 N–H and O–H groups in total. The van der Waals surface area contributed by atoms with Crippen LogP contribution in [0.25, 0.3) is 0 Å². The van der Waals surface area contributed by atoms with Crippen LogP contribution >= 0.6 is 0 Å². The number of aliphatic hydroxyl groups is 2. The van der Waals surface area contributed by atoms with E-state index >= 15 is 0 Å². The van der Waals surface area contributed by atoms with Gasteiger partial charge in [-0.3, -0.25) is 9.59 Å². The van der Waals surface area contributed by atoms with Gasteiger partial charge < -0.3 is 20.3 Å². The fourth-order valence-electron chi connectivity index (χ4n) is 12.8. The number of unbranched alkanes of at least 4 members (excludes halogenated alkanes) is 61. The number of esters is 1. The van der Waals surface area contributed by atoms with Crippen LogP contribution in [0.2, 0.25) is 0 Å². The number of hydrogen-bond acceptors (Lipinski definition) is 5. The fourth-order valence-corrected chi connectivity index (χ4v) is 12.8. The van der Waals surface area contributed by atoms with E-state index in [2.05, 4.69) is 43.5 Å². The SMILES string of the molecule is CCCCC/C=C\C/C=C\CCCCCCCC(=O)OCCCCCCCCCCCCCCCCCCCCCCCCCCCCCCCCCCC(=O)NC(CO)C(O)/C=C/CCCCCCCCCCCCCCCCCCCCCCCC. The van der Waals surface area contributed by atoms with Crippen molar-refractivity contribution in [2.24, 2.45) is 0 Å². The van der Waals surface area contributed by atoms with Gasteiger partial charge in [-0.2, -0.15) is 0 Å². The molecule has 0 aromatic carbocycles. The van der Waals surface area contributed by atoms with Gasteiger partial charge in [-0.15, -0.1) is 0 Å². The van der Waals surface area contributed by atoms with Crippen LogP contribution in [0.3, 0.4) is 0 Å². The second-order valence-electron chi connectivity index (χ2n) is 27.8. The Bertz CT molecular complexity index is 1430. The molecule has 0 aliphatic carbocycles. The van der Waals surface area contributed by atoms with Gasteiger partial charge in [0.25, 0.3) is 0 Å². The standard InChI is InChI=1S/C82H157NO5/c1-3-5-7-9-11-13-15-17-19-20-21-22-23-34-37-40-43-47-50-54-58-62-66-70-74-80(85)79(78-84)83-81(86)75-71-67-63-59-55-51-48-44-41-38-35-32-30-28-26-24-25-27-29-31-33-36-39-42-45-49-53-57-61-65-69-73-77-88-82(87)76-72-68-64-60-56-52-46-18-16-14-12-10-8-6-4-2/h12,14,18,46,70,74,79-80,84-85H,3-11,13,15-17,19-45,47-69,71-73,75-78H2,1-2H3,(H,83,86)/b14-12-,46-18-,74-70+. The van der Waals surface area contributed by atoms with Gasteiger partial charge in [0.1, 0.15) is 0 Å². The molecule has 0 aliphatic rings. The molecule has 0 radical (unpaired) electrons. The first-order valence-electron chi connectivity index (χ1n) is 40.3. The first-order valence-corrected chi connectivity index (χ1v) is 40.3. The molecule has 0 bridgehead atoms. The summed E-state index contributed by atoms with van der Waals surface area (Å²) < 4.78 is 5.49. The van der Waals surface area contributed by atoms with E-state index < -0.39 is 12.1 Å². The molecule has 0 aliphatic heterocycles. The topological polar surface area (TPSA) is 95.9 Å². The maximum absolute atomic E-state index is 12.6. The van der Waals surface area contributed by atoms with Gasteiger partial charge in [0.05, 0.1) is 25.4 Å². The first kappa shape index (κ1) is 86.1. The minimum absolute atomic E-state index is 0.00761. The molecule has 0 aromatic heterocycles. The van der Waals surface area contributed by atoms with E-state index in [1.807, 2.05) is 6.08 Å². The average molecular weight is 1240 g/mol. The van der Waals surface area contributed by atoms with E-state index in [1.54, 1.807) is 6.08 Å². The van der Waals surface area contributed by atoms with Crippen molar-refractivity contribution < 1.29 is 24.5 Å². The highest BCUT2D eigenvalue weighted by molar-refractivity contribution is 5.76. The van der Waals surface area contributed by atoms with Gasteiger partial charge in [0, 0.05) is 12.8 Å². The Kier molecular flexibility index (Phi) is 75.8. The minimum atomic E-state index is -0.843. The normalized spacial score (nSPS) is 12.6. The maximum Gasteiger partial charge on any atom is 0.305 e. The molecular weight excluding hydrogens is 1080 g/mol. The van der Waals surface area contributed by atoms with Crippen molar-refractivity contribution in [2.45, 2.75) is 463 Å². The Labute approximate surface area is 551 Å². The van der Waals surface area contributed by atoms with Gasteiger partial charge in [-0.05, 0) is 64.2 Å². The number of hydrogen-bond donors (Lipinski definition) is 3. The van der Waals surface area contributed by atoms with Gasteiger partial charge >= 0.3 is 5.97 Å². The molecule has 2 unspecified atom stereocenters. The number of rotatable bonds is 76. The molecule has 0 saturated heterocycles. The number of allylic oxidation sites excluding steroid dienone is 5. The molecule has 0 saturated carbocycles. The number of aliphatic hydroxyl groups excluding tert-OH is 2. The Morgan fingerprint density at radius 2 is 0.568 bits per heavy atom. The lowest BCUT2D eigenvalue weighted by Gasteiger charge is -2.20. The van der Waals surface area contributed by atoms with Gasteiger partial charge in [-0.1, -0.05) is 410 Å². The summed E-state index contributed by atoms with van der Waals surface area (Å²) in [5.74, 6) is -0.0508. The van der Waals surface area contributed by atoms with E-state index in [1.165, 1.54) is 372 Å². The van der Waals surface area contributed by atoms with Crippen molar-refractivity contribution in [3.05, 3.63) is 36.5 Å². The zero-order valence-corrected chi connectivity index (χ0v) is 59.7.